The van der Waals surface area contributed by atoms with Gasteiger partial charge in [-0.15, -0.1) is 0 Å². The lowest BCUT2D eigenvalue weighted by atomic mass is 9.88. The van der Waals surface area contributed by atoms with E-state index < -0.39 is 0 Å². The molecule has 14 heteroatoms. The van der Waals surface area contributed by atoms with E-state index in [-0.39, 0.29) is 0 Å². The van der Waals surface area contributed by atoms with E-state index in [0.717, 1.165) is 60.6 Å². The van der Waals surface area contributed by atoms with Crippen LogP contribution in [-0.2, 0) is 12.8 Å². The summed E-state index contributed by atoms with van der Waals surface area (Å²) in [6, 6.07) is 0. The van der Waals surface area contributed by atoms with Crippen LogP contribution in [0.5, 0.6) is 0 Å². The molecule has 0 aliphatic rings. The van der Waals surface area contributed by atoms with Gasteiger partial charge in [0.2, 0.25) is 0 Å². The molecule has 0 amide bonds. The minimum atomic E-state index is 0.391. The molecule has 0 fully saturated rings. The molecule has 0 aliphatic carbocycles. The molecule has 0 spiro atoms. The fourth-order valence-electron chi connectivity index (χ4n) is 4.18. The topological polar surface area (TPSA) is 179 Å². The summed E-state index contributed by atoms with van der Waals surface area (Å²) in [6.07, 6.45) is 13.7. The molecule has 0 bridgehead atoms. The van der Waals surface area contributed by atoms with Gasteiger partial charge >= 0.3 is 0 Å². The van der Waals surface area contributed by atoms with Gasteiger partial charge in [0.1, 0.15) is 58.2 Å². The summed E-state index contributed by atoms with van der Waals surface area (Å²) in [5, 5.41) is 0. The molecule has 0 unspecified atom stereocenters. The lowest BCUT2D eigenvalue weighted by molar-refractivity contribution is 0.338. The number of aliphatic imine (C=N–C) groups is 2. The second kappa shape index (κ2) is 28.8. The Labute approximate surface area is 332 Å². The highest BCUT2D eigenvalue weighted by molar-refractivity contribution is 5.76. The van der Waals surface area contributed by atoms with Crippen molar-refractivity contribution < 1.29 is 0 Å². The Morgan fingerprint density at radius 3 is 1.16 bits per heavy atom. The summed E-state index contributed by atoms with van der Waals surface area (Å²) in [5.41, 5.74) is 0.583. The van der Waals surface area contributed by atoms with Gasteiger partial charge in [-0.25, -0.2) is 54.8 Å². The smallest absolute Gasteiger partial charge is 0.252 e. The molecule has 4 aromatic rings. The fraction of sp³-hybridized carbons (Fsp3) is 0.659. The molecule has 0 aromatic carbocycles. The Morgan fingerprint density at radius 1 is 0.473 bits per heavy atom. The van der Waals surface area contributed by atoms with Crippen LogP contribution in [0.4, 0.5) is 5.95 Å². The van der Waals surface area contributed by atoms with Crippen LogP contribution in [-0.4, -0.2) is 78.8 Å². The van der Waals surface area contributed by atoms with Crippen LogP contribution in [0.3, 0.4) is 0 Å². The van der Waals surface area contributed by atoms with Gasteiger partial charge in [-0.3, -0.25) is 4.99 Å². The van der Waals surface area contributed by atoms with E-state index >= 15 is 0 Å². The van der Waals surface area contributed by atoms with E-state index in [2.05, 4.69) is 125 Å². The zero-order valence-corrected chi connectivity index (χ0v) is 37.0. The monoisotopic (exact) mass is 759 g/mol. The molecule has 14 nitrogen and oxygen atoms in total. The van der Waals surface area contributed by atoms with Gasteiger partial charge < -0.3 is 0 Å². The summed E-state index contributed by atoms with van der Waals surface area (Å²) in [4.78, 5) is 58.3. The lowest BCUT2D eigenvalue weighted by Crippen LogP contribution is -2.05. The van der Waals surface area contributed by atoms with Crippen LogP contribution in [0.2, 0.25) is 0 Å². The summed E-state index contributed by atoms with van der Waals surface area (Å²) in [6.45, 7) is 32.9. The lowest BCUT2D eigenvalue weighted by Gasteiger charge is -2.18. The molecule has 0 saturated heterocycles. The maximum Gasteiger partial charge on any atom is 0.252 e. The quantitative estimate of drug-likeness (QED) is 0.125. The summed E-state index contributed by atoms with van der Waals surface area (Å²) >= 11 is 0. The largest absolute Gasteiger partial charge is 0.284 e. The molecule has 304 valence electrons. The first-order chi connectivity index (χ1) is 26.0. The van der Waals surface area contributed by atoms with Gasteiger partial charge in [-0.1, -0.05) is 87.5 Å². The molecule has 55 heavy (non-hydrogen) atoms. The highest BCUT2D eigenvalue weighted by Gasteiger charge is 2.09. The van der Waals surface area contributed by atoms with Crippen molar-refractivity contribution in [3.63, 3.8) is 0 Å². The Balaban J connectivity index is 0.000000746. The molecule has 0 N–H and O–H groups in total. The molecular weight excluding hydrogens is 689 g/mol. The summed E-state index contributed by atoms with van der Waals surface area (Å²) in [7, 11) is 0. The highest BCUT2D eigenvalue weighted by atomic mass is 15.1. The van der Waals surface area contributed by atoms with Gasteiger partial charge in [0.15, 0.2) is 5.82 Å². The van der Waals surface area contributed by atoms with E-state index in [1.165, 1.54) is 32.1 Å². The third-order valence-corrected chi connectivity index (χ3v) is 7.56. The first-order valence-corrected chi connectivity index (χ1v) is 19.8. The van der Waals surface area contributed by atoms with Gasteiger partial charge in [0.25, 0.3) is 5.95 Å². The first kappa shape index (κ1) is 50.4. The molecule has 4 rings (SSSR count). The molecule has 4 heterocycles. The Kier molecular flexibility index (Phi) is 26.4. The van der Waals surface area contributed by atoms with Crippen LogP contribution < -0.4 is 0 Å². The van der Waals surface area contributed by atoms with Gasteiger partial charge in [-0.2, -0.15) is 9.97 Å². The number of rotatable bonds is 12. The Bertz CT molecular complexity index is 1520. The number of hydrogen-bond acceptors (Lipinski definition) is 14. The predicted molar refractivity (Wildman–Crippen MR) is 225 cm³/mol. The van der Waals surface area contributed by atoms with Crippen molar-refractivity contribution >= 4 is 18.4 Å². The fourth-order valence-corrected chi connectivity index (χ4v) is 4.18. The van der Waals surface area contributed by atoms with Crippen LogP contribution in [0.1, 0.15) is 164 Å². The summed E-state index contributed by atoms with van der Waals surface area (Å²) < 4.78 is 0. The number of hydrogen-bond donors (Lipinski definition) is 0. The van der Waals surface area contributed by atoms with Crippen molar-refractivity contribution in [1.29, 1.82) is 0 Å². The zero-order chi connectivity index (χ0) is 41.8. The second-order valence-electron chi connectivity index (χ2n) is 13.8. The third-order valence-electron chi connectivity index (χ3n) is 7.56. The van der Waals surface area contributed by atoms with E-state index in [4.69, 9.17) is 0 Å². The van der Waals surface area contributed by atoms with Gasteiger partial charge in [0, 0.05) is 19.1 Å². The number of aromatic nitrogens is 12. The van der Waals surface area contributed by atoms with E-state index in [1.54, 1.807) is 26.3 Å². The SMILES string of the molecule is CCC.CCC(C)(C)CC.CCCCc1nc(C)nc(CCCC)n1.Cc1nc(C)nc(C)n1.Cc1nc(C)nc(C=NCC=Nc2nc(C)nc(C)n2)n1. The molecule has 4 aromatic heterocycles. The standard InChI is InChI=1S/C13H16N8.C12H21N3.C7H16.C6H9N3.C3H8/c1-8-16-9(2)19-12(18-8)7-14-5-6-15-13-20-10(3)17-11(4)21-13;1-4-6-8-11-13-10(3)14-12(15-11)9-7-5-2;1-5-7(3,4)6-2;1-4-7-5(2)9-6(3)8-4;1-3-2/h6-7H,5H2,1-4H3;4-9H2,1-3H3;5-6H2,1-4H3;1-3H3;3H2,1-2H3. The van der Waals surface area contributed by atoms with E-state index in [9.17, 15) is 0 Å². The van der Waals surface area contributed by atoms with Crippen molar-refractivity contribution in [3.8, 4) is 0 Å². The van der Waals surface area contributed by atoms with Crippen LogP contribution in [0.25, 0.3) is 0 Å². The van der Waals surface area contributed by atoms with Gasteiger partial charge in [0.05, 0.1) is 12.8 Å². The Hall–Kier alpha value is -4.62. The average Bonchev–Trinajstić information content (AvgIpc) is 3.09. The van der Waals surface area contributed by atoms with E-state index in [1.807, 2.05) is 41.5 Å². The minimum Gasteiger partial charge on any atom is -0.284 e. The van der Waals surface area contributed by atoms with Crippen LogP contribution in [0.15, 0.2) is 9.98 Å². The molecule has 0 atom stereocenters. The van der Waals surface area contributed by atoms with Crippen LogP contribution in [0, 0.1) is 60.8 Å². The van der Waals surface area contributed by atoms with Crippen molar-refractivity contribution in [3.05, 3.63) is 64.1 Å². The summed E-state index contributed by atoms with van der Waals surface area (Å²) in [5.74, 6) is 8.75. The second-order valence-corrected chi connectivity index (χ2v) is 13.8. The van der Waals surface area contributed by atoms with Gasteiger partial charge in [-0.05, 0) is 73.6 Å². The molecule has 0 radical (unpaired) electrons. The predicted octanol–water partition coefficient (Wildman–Crippen LogP) is 9.02. The molecular formula is C41H70N14. The van der Waals surface area contributed by atoms with Crippen molar-refractivity contribution in [2.45, 2.75) is 169 Å². The number of nitrogens with zero attached hydrogens (tertiary/aromatic N) is 14. The van der Waals surface area contributed by atoms with Crippen molar-refractivity contribution in [2.75, 3.05) is 6.54 Å². The number of unbranched alkanes of at least 4 members (excludes halogenated alkanes) is 2. The normalized spacial score (nSPS) is 10.8. The average molecular weight is 759 g/mol. The maximum absolute atomic E-state index is 4.49. The highest BCUT2D eigenvalue weighted by Crippen LogP contribution is 2.22. The van der Waals surface area contributed by atoms with Crippen LogP contribution >= 0.6 is 0 Å². The first-order valence-electron chi connectivity index (χ1n) is 19.8. The molecule has 0 aliphatic heterocycles. The molecule has 0 saturated carbocycles. The minimum absolute atomic E-state index is 0.391. The Morgan fingerprint density at radius 2 is 0.818 bits per heavy atom. The number of aryl methyl sites for hydroxylation is 10. The van der Waals surface area contributed by atoms with Crippen molar-refractivity contribution in [2.24, 2.45) is 15.4 Å². The van der Waals surface area contributed by atoms with Crippen molar-refractivity contribution in [1.82, 2.24) is 59.8 Å². The third kappa shape index (κ3) is 25.9. The van der Waals surface area contributed by atoms with E-state index in [0.29, 0.717) is 47.0 Å². The maximum atomic E-state index is 4.49. The zero-order valence-electron chi connectivity index (χ0n) is 37.0.